The zero-order valence-corrected chi connectivity index (χ0v) is 16.3. The second-order valence-corrected chi connectivity index (χ2v) is 7.38. The zero-order valence-electron chi connectivity index (χ0n) is 15.5. The Morgan fingerprint density at radius 1 is 1.15 bits per heavy atom. The van der Waals surface area contributed by atoms with Crippen molar-refractivity contribution in [2.75, 3.05) is 0 Å². The van der Waals surface area contributed by atoms with Gasteiger partial charge in [0.25, 0.3) is 5.56 Å². The molecule has 2 heterocycles. The molecule has 0 bridgehead atoms. The van der Waals surface area contributed by atoms with E-state index in [2.05, 4.69) is 10.3 Å². The summed E-state index contributed by atoms with van der Waals surface area (Å²) < 4.78 is 1.46. The third kappa shape index (κ3) is 4.25. The first-order valence-electron chi connectivity index (χ1n) is 8.56. The van der Waals surface area contributed by atoms with Crippen LogP contribution in [0.1, 0.15) is 22.4 Å². The van der Waals surface area contributed by atoms with Gasteiger partial charge in [0.15, 0.2) is 0 Å². The van der Waals surface area contributed by atoms with Crippen LogP contribution in [0.4, 0.5) is 0 Å². The molecule has 6 nitrogen and oxygen atoms in total. The number of pyridine rings is 1. The standard InChI is InChI=1S/C20H21N3O3S/c1-12-4-6-15(7-5-12)17-11-27-20(26)23(17)10-18(24)21-9-16-13(2)8-14(3)22-19(16)25/h4-8,11H,9-10H2,1-3H3,(H,21,24)(H,22,25). The van der Waals surface area contributed by atoms with E-state index in [0.29, 0.717) is 11.3 Å². The molecule has 0 aliphatic rings. The summed E-state index contributed by atoms with van der Waals surface area (Å²) in [5.74, 6) is -0.316. The van der Waals surface area contributed by atoms with Crippen LogP contribution in [0, 0.1) is 20.8 Å². The molecule has 0 aliphatic carbocycles. The van der Waals surface area contributed by atoms with Crippen molar-refractivity contribution in [1.29, 1.82) is 0 Å². The average molecular weight is 383 g/mol. The fraction of sp³-hybridized carbons (Fsp3) is 0.250. The Morgan fingerprint density at radius 3 is 2.52 bits per heavy atom. The van der Waals surface area contributed by atoms with Crippen LogP contribution < -0.4 is 15.7 Å². The normalized spacial score (nSPS) is 10.8. The van der Waals surface area contributed by atoms with Crippen LogP contribution >= 0.6 is 11.3 Å². The van der Waals surface area contributed by atoms with Crippen molar-refractivity contribution in [3.8, 4) is 11.3 Å². The summed E-state index contributed by atoms with van der Waals surface area (Å²) in [6.07, 6.45) is 0. The monoisotopic (exact) mass is 383 g/mol. The number of aromatic amines is 1. The van der Waals surface area contributed by atoms with E-state index in [1.165, 1.54) is 4.57 Å². The number of nitrogens with one attached hydrogen (secondary N) is 2. The van der Waals surface area contributed by atoms with Gasteiger partial charge in [-0.1, -0.05) is 41.2 Å². The number of carbonyl (C=O) groups excluding carboxylic acids is 1. The number of benzene rings is 1. The fourth-order valence-electron chi connectivity index (χ4n) is 2.92. The summed E-state index contributed by atoms with van der Waals surface area (Å²) in [7, 11) is 0. The van der Waals surface area contributed by atoms with E-state index < -0.39 is 0 Å². The van der Waals surface area contributed by atoms with Crippen LogP contribution in [-0.4, -0.2) is 15.5 Å². The van der Waals surface area contributed by atoms with Gasteiger partial charge in [-0.05, 0) is 38.0 Å². The van der Waals surface area contributed by atoms with Gasteiger partial charge in [0.2, 0.25) is 5.91 Å². The van der Waals surface area contributed by atoms with Gasteiger partial charge in [-0.25, -0.2) is 0 Å². The highest BCUT2D eigenvalue weighted by atomic mass is 32.1. The zero-order chi connectivity index (χ0) is 19.6. The van der Waals surface area contributed by atoms with Crippen molar-refractivity contribution in [1.82, 2.24) is 14.9 Å². The minimum Gasteiger partial charge on any atom is -0.350 e. The number of rotatable bonds is 5. The summed E-state index contributed by atoms with van der Waals surface area (Å²) in [6, 6.07) is 9.66. The molecule has 1 aromatic carbocycles. The van der Waals surface area contributed by atoms with Gasteiger partial charge in [0, 0.05) is 23.2 Å². The number of aromatic nitrogens is 2. The Kier molecular flexibility index (Phi) is 5.41. The van der Waals surface area contributed by atoms with E-state index in [1.807, 2.05) is 51.1 Å². The molecule has 7 heteroatoms. The summed E-state index contributed by atoms with van der Waals surface area (Å²) in [5, 5.41) is 4.50. The molecule has 0 radical (unpaired) electrons. The second-order valence-electron chi connectivity index (χ2n) is 6.56. The molecule has 2 aromatic heterocycles. The average Bonchev–Trinajstić information content (AvgIpc) is 2.95. The second kappa shape index (κ2) is 7.75. The van der Waals surface area contributed by atoms with Crippen molar-refractivity contribution in [3.05, 3.63) is 78.1 Å². The molecule has 0 spiro atoms. The Labute approximate surface area is 160 Å². The SMILES string of the molecule is Cc1ccc(-c2csc(=O)n2CC(=O)NCc2c(C)cc(C)[nH]c2=O)cc1. The summed E-state index contributed by atoms with van der Waals surface area (Å²) >= 11 is 1.07. The molecule has 0 aliphatic heterocycles. The molecule has 2 N–H and O–H groups in total. The van der Waals surface area contributed by atoms with E-state index in [1.54, 1.807) is 5.38 Å². The molecule has 0 atom stereocenters. The van der Waals surface area contributed by atoms with Crippen LogP contribution in [0.5, 0.6) is 0 Å². The molecular formula is C20H21N3O3S. The minimum atomic E-state index is -0.316. The van der Waals surface area contributed by atoms with Crippen molar-refractivity contribution < 1.29 is 4.79 Å². The van der Waals surface area contributed by atoms with E-state index in [9.17, 15) is 14.4 Å². The number of hydrogen-bond donors (Lipinski definition) is 2. The van der Waals surface area contributed by atoms with Gasteiger partial charge in [-0.15, -0.1) is 0 Å². The van der Waals surface area contributed by atoms with Gasteiger partial charge in [-0.2, -0.15) is 0 Å². The molecule has 0 saturated carbocycles. The summed E-state index contributed by atoms with van der Waals surface area (Å²) in [5.41, 5.74) is 4.64. The highest BCUT2D eigenvalue weighted by Crippen LogP contribution is 2.20. The molecule has 0 unspecified atom stereocenters. The summed E-state index contributed by atoms with van der Waals surface area (Å²) in [6.45, 7) is 5.68. The molecule has 1 amide bonds. The van der Waals surface area contributed by atoms with Crippen molar-refractivity contribution in [2.24, 2.45) is 0 Å². The maximum absolute atomic E-state index is 12.4. The topological polar surface area (TPSA) is 84.0 Å². The van der Waals surface area contributed by atoms with Crippen LogP contribution in [-0.2, 0) is 17.9 Å². The first-order valence-corrected chi connectivity index (χ1v) is 9.44. The number of thiazole rings is 1. The van der Waals surface area contributed by atoms with E-state index in [-0.39, 0.29) is 29.4 Å². The molecule has 0 saturated heterocycles. The quantitative estimate of drug-likeness (QED) is 0.710. The Balaban J connectivity index is 1.76. The molecule has 3 rings (SSSR count). The summed E-state index contributed by atoms with van der Waals surface area (Å²) in [4.78, 5) is 39.2. The maximum Gasteiger partial charge on any atom is 0.308 e. The number of H-pyrrole nitrogens is 1. The van der Waals surface area contributed by atoms with Gasteiger partial charge >= 0.3 is 4.87 Å². The highest BCUT2D eigenvalue weighted by Gasteiger charge is 2.13. The lowest BCUT2D eigenvalue weighted by Gasteiger charge is -2.10. The maximum atomic E-state index is 12.4. The number of carbonyl (C=O) groups is 1. The lowest BCUT2D eigenvalue weighted by Crippen LogP contribution is -2.32. The first-order chi connectivity index (χ1) is 12.8. The highest BCUT2D eigenvalue weighted by molar-refractivity contribution is 7.07. The van der Waals surface area contributed by atoms with Crippen LogP contribution in [0.15, 0.2) is 45.3 Å². The molecule has 3 aromatic rings. The number of nitrogens with zero attached hydrogens (tertiary/aromatic N) is 1. The van der Waals surface area contributed by atoms with Crippen molar-refractivity contribution in [3.63, 3.8) is 0 Å². The van der Waals surface area contributed by atoms with Gasteiger partial charge in [0.05, 0.1) is 5.69 Å². The van der Waals surface area contributed by atoms with Crippen LogP contribution in [0.2, 0.25) is 0 Å². The van der Waals surface area contributed by atoms with E-state index in [4.69, 9.17) is 0 Å². The lowest BCUT2D eigenvalue weighted by atomic mass is 10.1. The van der Waals surface area contributed by atoms with Crippen molar-refractivity contribution in [2.45, 2.75) is 33.9 Å². The van der Waals surface area contributed by atoms with Gasteiger partial charge in [0.1, 0.15) is 6.54 Å². The Hall–Kier alpha value is -2.93. The van der Waals surface area contributed by atoms with Gasteiger partial charge in [-0.3, -0.25) is 19.0 Å². The largest absolute Gasteiger partial charge is 0.350 e. The van der Waals surface area contributed by atoms with E-state index in [0.717, 1.165) is 33.7 Å². The number of hydrogen-bond acceptors (Lipinski definition) is 4. The third-order valence-corrected chi connectivity index (χ3v) is 5.15. The van der Waals surface area contributed by atoms with Crippen LogP contribution in [0.25, 0.3) is 11.3 Å². The van der Waals surface area contributed by atoms with Crippen molar-refractivity contribution >= 4 is 17.2 Å². The van der Waals surface area contributed by atoms with Crippen LogP contribution in [0.3, 0.4) is 0 Å². The third-order valence-electron chi connectivity index (χ3n) is 4.39. The predicted molar refractivity (Wildman–Crippen MR) is 107 cm³/mol. The predicted octanol–water partition coefficient (Wildman–Crippen LogP) is 2.51. The number of aryl methyl sites for hydroxylation is 3. The van der Waals surface area contributed by atoms with Gasteiger partial charge < -0.3 is 10.3 Å². The Morgan fingerprint density at radius 2 is 1.85 bits per heavy atom. The Bertz CT molecular complexity index is 1090. The van der Waals surface area contributed by atoms with E-state index >= 15 is 0 Å². The molecule has 140 valence electrons. The molecule has 27 heavy (non-hydrogen) atoms. The first kappa shape index (κ1) is 18.8. The fourth-order valence-corrected chi connectivity index (χ4v) is 3.68. The smallest absolute Gasteiger partial charge is 0.308 e. The lowest BCUT2D eigenvalue weighted by molar-refractivity contribution is -0.121. The molecular weight excluding hydrogens is 362 g/mol. The molecule has 0 fully saturated rings. The number of amides is 1. The minimum absolute atomic E-state index is 0.0889.